The van der Waals surface area contributed by atoms with Gasteiger partial charge in [-0.2, -0.15) is 5.10 Å². The lowest BCUT2D eigenvalue weighted by atomic mass is 10.2. The van der Waals surface area contributed by atoms with Crippen LogP contribution in [-0.2, 0) is 7.05 Å². The van der Waals surface area contributed by atoms with Crippen LogP contribution in [-0.4, -0.2) is 25.8 Å². The fourth-order valence-corrected chi connectivity index (χ4v) is 1.42. The maximum Gasteiger partial charge on any atom is 0.354 e. The van der Waals surface area contributed by atoms with Gasteiger partial charge in [-0.3, -0.25) is 4.68 Å². The molecule has 0 aromatic carbocycles. The zero-order valence-corrected chi connectivity index (χ0v) is 7.85. The number of hydrogen-bond donors (Lipinski definition) is 1. The minimum Gasteiger partial charge on any atom is -0.477 e. The minimum absolute atomic E-state index is 0.0583. The zero-order chi connectivity index (χ0) is 10.3. The molecule has 5 heteroatoms. The molecule has 0 unspecified atom stereocenters. The Morgan fingerprint density at radius 1 is 1.57 bits per heavy atom. The molecular weight excluding hydrogens is 182 g/mol. The summed E-state index contributed by atoms with van der Waals surface area (Å²) in [6.07, 6.45) is 1.77. The summed E-state index contributed by atoms with van der Waals surface area (Å²) < 4.78 is 1.64. The lowest BCUT2D eigenvalue weighted by Gasteiger charge is -1.96. The lowest BCUT2D eigenvalue weighted by molar-refractivity contribution is 0.0690. The van der Waals surface area contributed by atoms with Crippen LogP contribution in [0.25, 0.3) is 10.9 Å². The van der Waals surface area contributed by atoms with E-state index in [-0.39, 0.29) is 5.69 Å². The van der Waals surface area contributed by atoms with E-state index in [1.807, 2.05) is 0 Å². The average Bonchev–Trinajstić information content (AvgIpc) is 2.45. The first-order chi connectivity index (χ1) is 6.58. The van der Waals surface area contributed by atoms with Gasteiger partial charge in [-0.25, -0.2) is 9.78 Å². The normalized spacial score (nSPS) is 10.7. The molecular formula is C9H9N3O2. The van der Waals surface area contributed by atoms with Gasteiger partial charge in [-0.15, -0.1) is 0 Å². The van der Waals surface area contributed by atoms with E-state index in [4.69, 9.17) is 5.11 Å². The van der Waals surface area contributed by atoms with Gasteiger partial charge < -0.3 is 5.11 Å². The van der Waals surface area contributed by atoms with Crippen LogP contribution in [0.4, 0.5) is 0 Å². The van der Waals surface area contributed by atoms with E-state index >= 15 is 0 Å². The molecule has 0 atom stereocenters. The quantitative estimate of drug-likeness (QED) is 0.729. The Morgan fingerprint density at radius 3 is 2.93 bits per heavy atom. The second kappa shape index (κ2) is 2.80. The predicted molar refractivity (Wildman–Crippen MR) is 50.2 cm³/mol. The number of carbonyl (C=O) groups is 1. The third-order valence-electron chi connectivity index (χ3n) is 2.00. The third kappa shape index (κ3) is 1.22. The molecule has 0 saturated heterocycles. The fraction of sp³-hybridized carbons (Fsp3) is 0.222. The minimum atomic E-state index is -1.01. The molecule has 0 spiro atoms. The number of nitrogens with zero attached hydrogens (tertiary/aromatic N) is 3. The van der Waals surface area contributed by atoms with Crippen molar-refractivity contribution in [1.82, 2.24) is 14.8 Å². The molecule has 2 aromatic rings. The highest BCUT2D eigenvalue weighted by Crippen LogP contribution is 2.15. The van der Waals surface area contributed by atoms with E-state index in [1.54, 1.807) is 24.9 Å². The molecule has 14 heavy (non-hydrogen) atoms. The van der Waals surface area contributed by atoms with Crippen molar-refractivity contribution in [2.75, 3.05) is 0 Å². The zero-order valence-electron chi connectivity index (χ0n) is 7.85. The van der Waals surface area contributed by atoms with Gasteiger partial charge in [0.25, 0.3) is 0 Å². The van der Waals surface area contributed by atoms with Crippen LogP contribution in [0.3, 0.4) is 0 Å². The Bertz CT molecular complexity index is 516. The van der Waals surface area contributed by atoms with Crippen LogP contribution in [0.15, 0.2) is 12.3 Å². The molecule has 1 N–H and O–H groups in total. The van der Waals surface area contributed by atoms with Crippen molar-refractivity contribution < 1.29 is 9.90 Å². The van der Waals surface area contributed by atoms with Crippen molar-refractivity contribution in [2.45, 2.75) is 6.92 Å². The maximum atomic E-state index is 10.7. The van der Waals surface area contributed by atoms with Gasteiger partial charge in [0.2, 0.25) is 0 Å². The summed E-state index contributed by atoms with van der Waals surface area (Å²) in [6.45, 7) is 1.75. The van der Waals surface area contributed by atoms with Gasteiger partial charge in [-0.1, -0.05) is 0 Å². The van der Waals surface area contributed by atoms with Crippen LogP contribution in [0.2, 0.25) is 0 Å². The smallest absolute Gasteiger partial charge is 0.354 e. The molecule has 0 radical (unpaired) electrons. The van der Waals surface area contributed by atoms with Crippen LogP contribution in [0.1, 0.15) is 16.2 Å². The summed E-state index contributed by atoms with van der Waals surface area (Å²) in [5.74, 6) is -1.01. The number of hydrogen-bond acceptors (Lipinski definition) is 3. The molecule has 0 amide bonds. The van der Waals surface area contributed by atoms with Crippen molar-refractivity contribution >= 4 is 16.9 Å². The van der Waals surface area contributed by atoms with Crippen molar-refractivity contribution in [1.29, 1.82) is 0 Å². The Balaban J connectivity index is 2.77. The van der Waals surface area contributed by atoms with Crippen molar-refractivity contribution in [3.05, 3.63) is 23.7 Å². The molecule has 2 rings (SSSR count). The summed E-state index contributed by atoms with van der Waals surface area (Å²) in [6, 6.07) is 1.53. The molecule has 0 fully saturated rings. The summed E-state index contributed by atoms with van der Waals surface area (Å²) in [5.41, 5.74) is 1.45. The summed E-state index contributed by atoms with van der Waals surface area (Å²) in [7, 11) is 1.79. The molecule has 0 aliphatic heterocycles. The predicted octanol–water partition coefficient (Wildman–Crippen LogP) is 0.975. The Hall–Kier alpha value is -1.91. The second-order valence-electron chi connectivity index (χ2n) is 3.14. The second-order valence-corrected chi connectivity index (χ2v) is 3.14. The van der Waals surface area contributed by atoms with Gasteiger partial charge in [0.15, 0.2) is 0 Å². The summed E-state index contributed by atoms with van der Waals surface area (Å²) in [5, 5.41) is 13.8. The van der Waals surface area contributed by atoms with Gasteiger partial charge >= 0.3 is 5.97 Å². The Labute approximate surface area is 80.0 Å². The molecule has 72 valence electrons. The Kier molecular flexibility index (Phi) is 1.73. The number of carboxylic acid groups (broad SMARTS) is 1. The molecule has 0 bridgehead atoms. The summed E-state index contributed by atoms with van der Waals surface area (Å²) >= 11 is 0. The Morgan fingerprint density at radius 2 is 2.29 bits per heavy atom. The highest BCUT2D eigenvalue weighted by molar-refractivity contribution is 5.91. The van der Waals surface area contributed by atoms with Crippen molar-refractivity contribution in [2.24, 2.45) is 7.05 Å². The number of fused-ring (bicyclic) bond motifs is 1. The van der Waals surface area contributed by atoms with E-state index in [9.17, 15) is 4.79 Å². The molecule has 5 nitrogen and oxygen atoms in total. The highest BCUT2D eigenvalue weighted by Gasteiger charge is 2.10. The number of rotatable bonds is 1. The molecule has 2 heterocycles. The topological polar surface area (TPSA) is 68.0 Å². The molecule has 0 aliphatic carbocycles. The van der Waals surface area contributed by atoms with Crippen LogP contribution in [0.5, 0.6) is 0 Å². The maximum absolute atomic E-state index is 10.7. The first-order valence-corrected chi connectivity index (χ1v) is 4.12. The monoisotopic (exact) mass is 191 g/mol. The van der Waals surface area contributed by atoms with E-state index in [1.165, 1.54) is 6.07 Å². The van der Waals surface area contributed by atoms with Gasteiger partial charge in [0.1, 0.15) is 11.2 Å². The largest absolute Gasteiger partial charge is 0.477 e. The van der Waals surface area contributed by atoms with Crippen molar-refractivity contribution in [3.8, 4) is 0 Å². The van der Waals surface area contributed by atoms with Gasteiger partial charge in [-0.05, 0) is 13.0 Å². The molecule has 0 aliphatic rings. The standard InChI is InChI=1S/C9H9N3O2/c1-5-8-6(4-12(2)11-8)3-7(10-5)9(13)14/h3-4H,1-2H3,(H,13,14). The van der Waals surface area contributed by atoms with E-state index in [0.717, 1.165) is 10.9 Å². The first kappa shape index (κ1) is 8.68. The van der Waals surface area contributed by atoms with E-state index in [2.05, 4.69) is 10.1 Å². The fourth-order valence-electron chi connectivity index (χ4n) is 1.42. The lowest BCUT2D eigenvalue weighted by Crippen LogP contribution is -2.01. The third-order valence-corrected chi connectivity index (χ3v) is 2.00. The van der Waals surface area contributed by atoms with E-state index < -0.39 is 5.97 Å². The molecule has 0 saturated carbocycles. The molecule has 2 aromatic heterocycles. The van der Waals surface area contributed by atoms with Crippen molar-refractivity contribution in [3.63, 3.8) is 0 Å². The van der Waals surface area contributed by atoms with Crippen LogP contribution >= 0.6 is 0 Å². The van der Waals surface area contributed by atoms with Crippen LogP contribution < -0.4 is 0 Å². The number of aromatic nitrogens is 3. The van der Waals surface area contributed by atoms with Gasteiger partial charge in [0, 0.05) is 18.6 Å². The number of pyridine rings is 1. The number of aryl methyl sites for hydroxylation is 2. The van der Waals surface area contributed by atoms with Gasteiger partial charge in [0.05, 0.1) is 5.69 Å². The summed E-state index contributed by atoms with van der Waals surface area (Å²) in [4.78, 5) is 14.7. The van der Waals surface area contributed by atoms with Crippen LogP contribution in [0, 0.1) is 6.92 Å². The number of aromatic carboxylic acids is 1. The SMILES string of the molecule is Cc1nc(C(=O)O)cc2cn(C)nc12. The highest BCUT2D eigenvalue weighted by atomic mass is 16.4. The first-order valence-electron chi connectivity index (χ1n) is 4.12. The number of carboxylic acids is 1. The van der Waals surface area contributed by atoms with E-state index in [0.29, 0.717) is 5.69 Å². The average molecular weight is 191 g/mol.